The molecule has 122 valence electrons. The van der Waals surface area contributed by atoms with Crippen LogP contribution in [0.15, 0.2) is 82.0 Å². The lowest BCUT2D eigenvalue weighted by Gasteiger charge is -2.12. The number of hydrogen-bond donors (Lipinski definition) is 0. The molecule has 0 saturated heterocycles. The summed E-state index contributed by atoms with van der Waals surface area (Å²) in [7, 11) is 0. The first-order valence-corrected chi connectivity index (χ1v) is 7.71. The molecule has 0 aliphatic rings. The van der Waals surface area contributed by atoms with E-state index < -0.39 is 5.63 Å². The van der Waals surface area contributed by atoms with Crippen LogP contribution in [0.5, 0.6) is 0 Å². The lowest BCUT2D eigenvalue weighted by molar-refractivity contribution is 0.536. The third kappa shape index (κ3) is 2.72. The zero-order chi connectivity index (χ0) is 17.4. The molecular weight excluding hydrogens is 322 g/mol. The monoisotopic (exact) mass is 334 g/mol. The smallest absolute Gasteiger partial charge is 0.344 e. The largest absolute Gasteiger partial charge is 0.422 e. The van der Waals surface area contributed by atoms with Gasteiger partial charge in [0.1, 0.15) is 17.4 Å². The zero-order valence-corrected chi connectivity index (χ0v) is 13.0. The van der Waals surface area contributed by atoms with Crippen LogP contribution in [-0.4, -0.2) is 0 Å². The molecule has 0 N–H and O–H groups in total. The van der Waals surface area contributed by atoms with E-state index in [2.05, 4.69) is 0 Å². The summed E-state index contributed by atoms with van der Waals surface area (Å²) in [5, 5.41) is 1.14. The van der Waals surface area contributed by atoms with Crippen LogP contribution in [0.1, 0.15) is 0 Å². The van der Waals surface area contributed by atoms with Crippen molar-refractivity contribution in [1.29, 1.82) is 0 Å². The van der Waals surface area contributed by atoms with Crippen LogP contribution in [0, 0.1) is 11.6 Å². The third-order valence-corrected chi connectivity index (χ3v) is 4.08. The van der Waals surface area contributed by atoms with Crippen molar-refractivity contribution in [3.05, 3.63) is 94.9 Å². The van der Waals surface area contributed by atoms with Crippen molar-refractivity contribution < 1.29 is 13.2 Å². The Hall–Kier alpha value is -3.27. The molecule has 0 bridgehead atoms. The molecule has 0 aliphatic heterocycles. The fraction of sp³-hybridized carbons (Fsp3) is 0. The van der Waals surface area contributed by atoms with Crippen molar-refractivity contribution in [3.63, 3.8) is 0 Å². The fourth-order valence-corrected chi connectivity index (χ4v) is 2.91. The van der Waals surface area contributed by atoms with Gasteiger partial charge in [0.25, 0.3) is 0 Å². The van der Waals surface area contributed by atoms with E-state index in [1.165, 1.54) is 24.3 Å². The highest BCUT2D eigenvalue weighted by molar-refractivity contribution is 6.01. The van der Waals surface area contributed by atoms with Gasteiger partial charge in [0.05, 0.1) is 5.39 Å². The molecular formula is C21H12F2O2. The Kier molecular flexibility index (Phi) is 3.65. The van der Waals surface area contributed by atoms with E-state index in [0.29, 0.717) is 33.2 Å². The van der Waals surface area contributed by atoms with Gasteiger partial charge in [0.2, 0.25) is 0 Å². The molecule has 0 fully saturated rings. The standard InChI is InChI=1S/C21H12F2O2/c22-15-9-5-13(6-10-15)19-17-3-1-2-4-18(17)21(24)25-20(19)14-7-11-16(23)12-8-14/h1-12H. The topological polar surface area (TPSA) is 30.2 Å². The molecule has 3 aromatic carbocycles. The van der Waals surface area contributed by atoms with Crippen LogP contribution >= 0.6 is 0 Å². The molecule has 4 rings (SSSR count). The molecule has 1 heterocycles. The van der Waals surface area contributed by atoms with E-state index >= 15 is 0 Å². The van der Waals surface area contributed by atoms with E-state index in [-0.39, 0.29) is 11.6 Å². The van der Waals surface area contributed by atoms with Crippen LogP contribution in [-0.2, 0) is 0 Å². The first-order chi connectivity index (χ1) is 12.1. The molecule has 25 heavy (non-hydrogen) atoms. The summed E-state index contributed by atoms with van der Waals surface area (Å²) in [5.74, 6) is -0.403. The van der Waals surface area contributed by atoms with Crippen LogP contribution < -0.4 is 5.63 Å². The second kappa shape index (κ2) is 5.98. The average Bonchev–Trinajstić information content (AvgIpc) is 2.63. The minimum atomic E-state index is -0.471. The average molecular weight is 334 g/mol. The first-order valence-electron chi connectivity index (χ1n) is 7.71. The van der Waals surface area contributed by atoms with Gasteiger partial charge in [-0.25, -0.2) is 13.6 Å². The van der Waals surface area contributed by atoms with E-state index in [4.69, 9.17) is 4.42 Å². The minimum absolute atomic E-state index is 0.329. The molecule has 0 aliphatic carbocycles. The Labute approximate surface area is 142 Å². The van der Waals surface area contributed by atoms with E-state index in [1.54, 1.807) is 36.4 Å². The van der Waals surface area contributed by atoms with Crippen LogP contribution in [0.3, 0.4) is 0 Å². The predicted molar refractivity (Wildman–Crippen MR) is 93.3 cm³/mol. The summed E-state index contributed by atoms with van der Waals surface area (Å²) in [4.78, 5) is 12.4. The number of hydrogen-bond acceptors (Lipinski definition) is 2. The maximum atomic E-state index is 13.3. The predicted octanol–water partition coefficient (Wildman–Crippen LogP) is 5.41. The molecule has 1 aromatic heterocycles. The molecule has 0 spiro atoms. The van der Waals surface area contributed by atoms with Crippen LogP contribution in [0.25, 0.3) is 33.2 Å². The van der Waals surface area contributed by atoms with Gasteiger partial charge in [0, 0.05) is 16.5 Å². The summed E-state index contributed by atoms with van der Waals surface area (Å²) >= 11 is 0. The molecule has 0 radical (unpaired) electrons. The summed E-state index contributed by atoms with van der Waals surface area (Å²) in [6.45, 7) is 0. The molecule has 0 amide bonds. The first kappa shape index (κ1) is 15.3. The van der Waals surface area contributed by atoms with Crippen LogP contribution in [0.2, 0.25) is 0 Å². The number of rotatable bonds is 2. The molecule has 0 unspecified atom stereocenters. The number of benzene rings is 3. The van der Waals surface area contributed by atoms with E-state index in [9.17, 15) is 13.6 Å². The molecule has 4 aromatic rings. The summed E-state index contributed by atoms with van der Waals surface area (Å²) in [5.41, 5.74) is 1.48. The van der Waals surface area contributed by atoms with Gasteiger partial charge < -0.3 is 4.42 Å². The highest BCUT2D eigenvalue weighted by Gasteiger charge is 2.17. The highest BCUT2D eigenvalue weighted by Crippen LogP contribution is 2.36. The summed E-state index contributed by atoms with van der Waals surface area (Å²) in [6.07, 6.45) is 0. The molecule has 4 heteroatoms. The molecule has 2 nitrogen and oxygen atoms in total. The van der Waals surface area contributed by atoms with Gasteiger partial charge in [-0.2, -0.15) is 0 Å². The maximum absolute atomic E-state index is 13.3. The number of halogens is 2. The van der Waals surface area contributed by atoms with Crippen molar-refractivity contribution in [2.24, 2.45) is 0 Å². The highest BCUT2D eigenvalue weighted by atomic mass is 19.1. The van der Waals surface area contributed by atoms with Crippen molar-refractivity contribution in [2.45, 2.75) is 0 Å². The Morgan fingerprint density at radius 1 is 0.640 bits per heavy atom. The maximum Gasteiger partial charge on any atom is 0.344 e. The van der Waals surface area contributed by atoms with Crippen molar-refractivity contribution in [2.75, 3.05) is 0 Å². The molecule has 0 saturated carbocycles. The van der Waals surface area contributed by atoms with Gasteiger partial charge in [0.15, 0.2) is 0 Å². The Bertz CT molecular complexity index is 1110. The van der Waals surface area contributed by atoms with Gasteiger partial charge in [-0.15, -0.1) is 0 Å². The van der Waals surface area contributed by atoms with E-state index in [0.717, 1.165) is 0 Å². The Balaban J connectivity index is 2.11. The zero-order valence-electron chi connectivity index (χ0n) is 13.0. The van der Waals surface area contributed by atoms with Gasteiger partial charge in [-0.3, -0.25) is 0 Å². The second-order valence-electron chi connectivity index (χ2n) is 5.65. The lowest BCUT2D eigenvalue weighted by atomic mass is 9.95. The fourth-order valence-electron chi connectivity index (χ4n) is 2.91. The van der Waals surface area contributed by atoms with Crippen molar-refractivity contribution in [3.8, 4) is 22.5 Å². The SMILES string of the molecule is O=c1oc(-c2ccc(F)cc2)c(-c2ccc(F)cc2)c2ccccc12. The Morgan fingerprint density at radius 3 is 1.76 bits per heavy atom. The third-order valence-electron chi connectivity index (χ3n) is 4.08. The number of fused-ring (bicyclic) bond motifs is 1. The van der Waals surface area contributed by atoms with Crippen molar-refractivity contribution >= 4 is 10.8 Å². The van der Waals surface area contributed by atoms with Crippen LogP contribution in [0.4, 0.5) is 8.78 Å². The second-order valence-corrected chi connectivity index (χ2v) is 5.65. The minimum Gasteiger partial charge on any atom is -0.422 e. The van der Waals surface area contributed by atoms with Crippen molar-refractivity contribution in [1.82, 2.24) is 0 Å². The van der Waals surface area contributed by atoms with Gasteiger partial charge in [-0.1, -0.05) is 30.3 Å². The van der Waals surface area contributed by atoms with Gasteiger partial charge in [-0.05, 0) is 48.0 Å². The molecule has 0 atom stereocenters. The Morgan fingerprint density at radius 2 is 1.16 bits per heavy atom. The lowest BCUT2D eigenvalue weighted by Crippen LogP contribution is -2.03. The van der Waals surface area contributed by atoms with E-state index in [1.807, 2.05) is 12.1 Å². The summed E-state index contributed by atoms with van der Waals surface area (Å²) < 4.78 is 32.2. The van der Waals surface area contributed by atoms with Gasteiger partial charge >= 0.3 is 5.63 Å². The quantitative estimate of drug-likeness (QED) is 0.491. The summed E-state index contributed by atoms with van der Waals surface area (Å²) in [6, 6.07) is 18.7. The normalized spacial score (nSPS) is 11.0.